The van der Waals surface area contributed by atoms with Crippen LogP contribution in [-0.4, -0.2) is 44.6 Å². The van der Waals surface area contributed by atoms with Gasteiger partial charge < -0.3 is 19.8 Å². The number of rotatable bonds is 10. The first kappa shape index (κ1) is 19.4. The lowest BCUT2D eigenvalue weighted by Crippen LogP contribution is -2.40. The molecule has 2 rings (SSSR count). The first-order valence-electron chi connectivity index (χ1n) is 8.53. The third-order valence-electron chi connectivity index (χ3n) is 3.43. The van der Waals surface area contributed by atoms with Crippen LogP contribution in [-0.2, 0) is 11.2 Å². The molecule has 0 saturated heterocycles. The summed E-state index contributed by atoms with van der Waals surface area (Å²) in [7, 11) is 1.70. The molecule has 0 bridgehead atoms. The molecule has 0 saturated carbocycles. The molecule has 1 heterocycles. The second-order valence-corrected chi connectivity index (χ2v) is 7.12. The van der Waals surface area contributed by atoms with Crippen molar-refractivity contribution in [3.63, 3.8) is 0 Å². The summed E-state index contributed by atoms with van der Waals surface area (Å²) in [6, 6.07) is 14.3. The predicted molar refractivity (Wildman–Crippen MR) is 104 cm³/mol. The molecule has 5 nitrogen and oxygen atoms in total. The molecule has 0 amide bonds. The van der Waals surface area contributed by atoms with Gasteiger partial charge in [0.25, 0.3) is 0 Å². The largest absolute Gasteiger partial charge is 0.469 e. The van der Waals surface area contributed by atoms with Crippen LogP contribution >= 0.6 is 11.8 Å². The Hall–Kier alpha value is -1.92. The van der Waals surface area contributed by atoms with E-state index in [2.05, 4.69) is 41.8 Å². The van der Waals surface area contributed by atoms with Gasteiger partial charge in [-0.15, -0.1) is 11.8 Å². The van der Waals surface area contributed by atoms with Gasteiger partial charge in [-0.3, -0.25) is 4.99 Å². The highest BCUT2D eigenvalue weighted by atomic mass is 32.2. The molecule has 2 aromatic rings. The number of methoxy groups -OCH3 is 1. The lowest BCUT2D eigenvalue weighted by Gasteiger charge is -2.14. The van der Waals surface area contributed by atoms with Gasteiger partial charge in [0.05, 0.1) is 19.4 Å². The summed E-state index contributed by atoms with van der Waals surface area (Å²) in [6.45, 7) is 5.07. The van der Waals surface area contributed by atoms with Gasteiger partial charge >= 0.3 is 0 Å². The van der Waals surface area contributed by atoms with Crippen LogP contribution in [0.3, 0.4) is 0 Å². The summed E-state index contributed by atoms with van der Waals surface area (Å²) in [5, 5.41) is 7.04. The fourth-order valence-electron chi connectivity index (χ4n) is 2.19. The van der Waals surface area contributed by atoms with Crippen molar-refractivity contribution in [2.45, 2.75) is 23.5 Å². The summed E-state index contributed by atoms with van der Waals surface area (Å²) in [5.74, 6) is 1.78. The minimum Gasteiger partial charge on any atom is -0.469 e. The van der Waals surface area contributed by atoms with Crippen LogP contribution in [0.1, 0.15) is 12.7 Å². The molecular weight excluding hydrogens is 334 g/mol. The Morgan fingerprint density at radius 3 is 2.68 bits per heavy atom. The zero-order chi connectivity index (χ0) is 17.7. The number of benzene rings is 1. The summed E-state index contributed by atoms with van der Waals surface area (Å²) >= 11 is 1.83. The summed E-state index contributed by atoms with van der Waals surface area (Å²) in [5.41, 5.74) is 0. The van der Waals surface area contributed by atoms with Crippen molar-refractivity contribution in [3.05, 3.63) is 54.5 Å². The van der Waals surface area contributed by atoms with Crippen LogP contribution < -0.4 is 10.6 Å². The molecule has 0 aliphatic heterocycles. The van der Waals surface area contributed by atoms with E-state index in [1.54, 1.807) is 13.4 Å². The molecule has 0 radical (unpaired) electrons. The molecule has 0 aliphatic rings. The van der Waals surface area contributed by atoms with Gasteiger partial charge in [0.15, 0.2) is 5.96 Å². The normalized spacial score (nSPS) is 12.8. The topological polar surface area (TPSA) is 58.8 Å². The Bertz CT molecular complexity index is 602. The SMILES string of the molecule is COCCNC(=NCC(C)Sc1ccccc1)NCCc1ccco1. The number of thioether (sulfide) groups is 1. The molecule has 0 fully saturated rings. The highest BCUT2D eigenvalue weighted by Crippen LogP contribution is 2.22. The zero-order valence-electron chi connectivity index (χ0n) is 14.9. The smallest absolute Gasteiger partial charge is 0.191 e. The van der Waals surface area contributed by atoms with Crippen LogP contribution in [0.25, 0.3) is 0 Å². The van der Waals surface area contributed by atoms with Crippen LogP contribution in [0.5, 0.6) is 0 Å². The molecule has 0 spiro atoms. The van der Waals surface area contributed by atoms with Crippen LogP contribution in [0.2, 0.25) is 0 Å². The Morgan fingerprint density at radius 2 is 1.96 bits per heavy atom. The fourth-order valence-corrected chi connectivity index (χ4v) is 3.12. The van der Waals surface area contributed by atoms with Gasteiger partial charge in [0.2, 0.25) is 0 Å². The van der Waals surface area contributed by atoms with E-state index in [1.807, 2.05) is 30.0 Å². The molecule has 1 aromatic carbocycles. The van der Waals surface area contributed by atoms with E-state index < -0.39 is 0 Å². The van der Waals surface area contributed by atoms with Crippen molar-refractivity contribution in [3.8, 4) is 0 Å². The van der Waals surface area contributed by atoms with Crippen molar-refractivity contribution < 1.29 is 9.15 Å². The average molecular weight is 362 g/mol. The molecule has 6 heteroatoms. The van der Waals surface area contributed by atoms with Crippen molar-refractivity contribution in [2.75, 3.05) is 33.4 Å². The maximum absolute atomic E-state index is 5.35. The zero-order valence-corrected chi connectivity index (χ0v) is 15.7. The van der Waals surface area contributed by atoms with Gasteiger partial charge in [-0.1, -0.05) is 25.1 Å². The number of guanidine groups is 1. The Kier molecular flexibility index (Phi) is 9.01. The lowest BCUT2D eigenvalue weighted by molar-refractivity contribution is 0.203. The van der Waals surface area contributed by atoms with E-state index in [0.717, 1.165) is 37.8 Å². The third-order valence-corrected chi connectivity index (χ3v) is 4.53. The molecule has 1 aromatic heterocycles. The molecule has 1 atom stereocenters. The second-order valence-electron chi connectivity index (χ2n) is 5.61. The first-order chi connectivity index (χ1) is 12.3. The Morgan fingerprint density at radius 1 is 1.16 bits per heavy atom. The molecular formula is C19H27N3O2S. The van der Waals surface area contributed by atoms with Gasteiger partial charge in [-0.2, -0.15) is 0 Å². The summed E-state index contributed by atoms with van der Waals surface area (Å²) in [6.07, 6.45) is 2.52. The van der Waals surface area contributed by atoms with Crippen molar-refractivity contribution in [1.82, 2.24) is 10.6 Å². The standard InChI is InChI=1S/C19H27N3O2S/c1-16(25-18-8-4-3-5-9-18)15-22-19(21-12-14-23-2)20-11-10-17-7-6-13-24-17/h3-9,13,16H,10-12,14-15H2,1-2H3,(H2,20,21,22). The monoisotopic (exact) mass is 361 g/mol. The fraction of sp³-hybridized carbons (Fsp3) is 0.421. The minimum absolute atomic E-state index is 0.397. The lowest BCUT2D eigenvalue weighted by atomic mass is 10.3. The number of nitrogens with zero attached hydrogens (tertiary/aromatic N) is 1. The number of hydrogen-bond acceptors (Lipinski definition) is 4. The average Bonchev–Trinajstić information content (AvgIpc) is 3.13. The van der Waals surface area contributed by atoms with Gasteiger partial charge in [-0.25, -0.2) is 0 Å². The molecule has 2 N–H and O–H groups in total. The highest BCUT2D eigenvalue weighted by Gasteiger charge is 2.05. The predicted octanol–water partition coefficient (Wildman–Crippen LogP) is 3.18. The first-order valence-corrected chi connectivity index (χ1v) is 9.41. The quantitative estimate of drug-likeness (QED) is 0.295. The summed E-state index contributed by atoms with van der Waals surface area (Å²) in [4.78, 5) is 5.97. The number of nitrogens with one attached hydrogen (secondary N) is 2. The van der Waals surface area contributed by atoms with E-state index in [0.29, 0.717) is 11.9 Å². The van der Waals surface area contributed by atoms with E-state index in [4.69, 9.17) is 14.1 Å². The summed E-state index contributed by atoms with van der Waals surface area (Å²) < 4.78 is 10.5. The third kappa shape index (κ3) is 8.14. The Labute approximate surface area is 154 Å². The molecule has 1 unspecified atom stereocenters. The molecule has 25 heavy (non-hydrogen) atoms. The maximum atomic E-state index is 5.35. The number of aliphatic imine (C=N–C) groups is 1. The van der Waals surface area contributed by atoms with Crippen molar-refractivity contribution in [1.29, 1.82) is 0 Å². The number of ether oxygens (including phenoxy) is 1. The van der Waals surface area contributed by atoms with E-state index in [-0.39, 0.29) is 0 Å². The van der Waals surface area contributed by atoms with Crippen molar-refractivity contribution >= 4 is 17.7 Å². The van der Waals surface area contributed by atoms with E-state index in [9.17, 15) is 0 Å². The molecule has 136 valence electrons. The Balaban J connectivity index is 1.80. The van der Waals surface area contributed by atoms with E-state index in [1.165, 1.54) is 4.90 Å². The van der Waals surface area contributed by atoms with Crippen LogP contribution in [0.4, 0.5) is 0 Å². The number of hydrogen-bond donors (Lipinski definition) is 2. The van der Waals surface area contributed by atoms with Crippen LogP contribution in [0.15, 0.2) is 63.0 Å². The second kappa shape index (κ2) is 11.6. The molecule has 0 aliphatic carbocycles. The van der Waals surface area contributed by atoms with Gasteiger partial charge in [-0.05, 0) is 24.3 Å². The van der Waals surface area contributed by atoms with Crippen LogP contribution in [0, 0.1) is 0 Å². The highest BCUT2D eigenvalue weighted by molar-refractivity contribution is 8.00. The van der Waals surface area contributed by atoms with Gasteiger partial charge in [0, 0.05) is 36.8 Å². The maximum Gasteiger partial charge on any atom is 0.191 e. The van der Waals surface area contributed by atoms with Crippen molar-refractivity contribution in [2.24, 2.45) is 4.99 Å². The van der Waals surface area contributed by atoms with Gasteiger partial charge in [0.1, 0.15) is 5.76 Å². The van der Waals surface area contributed by atoms with E-state index >= 15 is 0 Å². The minimum atomic E-state index is 0.397. The number of furan rings is 1.